The van der Waals surface area contributed by atoms with Crippen LogP contribution in [0.4, 0.5) is 4.79 Å². The van der Waals surface area contributed by atoms with Gasteiger partial charge >= 0.3 is 6.09 Å². The zero-order chi connectivity index (χ0) is 15.6. The molecule has 2 saturated heterocycles. The van der Waals surface area contributed by atoms with Gasteiger partial charge in [0.05, 0.1) is 0 Å². The molecule has 0 aromatic rings. The smallest absolute Gasteiger partial charge is 0.408 e. The number of fused-ring (bicyclic) bond motifs is 1. The fourth-order valence-corrected chi connectivity index (χ4v) is 3.10. The van der Waals surface area contributed by atoms with Crippen LogP contribution in [0.2, 0.25) is 0 Å². The lowest BCUT2D eigenvalue weighted by atomic mass is 10.1. The van der Waals surface area contributed by atoms with E-state index >= 15 is 0 Å². The third kappa shape index (κ3) is 4.09. The van der Waals surface area contributed by atoms with E-state index in [2.05, 4.69) is 17.6 Å². The molecule has 6 nitrogen and oxygen atoms in total. The second-order valence-corrected chi connectivity index (χ2v) is 7.02. The molecule has 21 heavy (non-hydrogen) atoms. The van der Waals surface area contributed by atoms with Crippen LogP contribution in [0.15, 0.2) is 0 Å². The molecular weight excluding hydrogens is 270 g/mol. The zero-order valence-electron chi connectivity index (χ0n) is 13.4. The summed E-state index contributed by atoms with van der Waals surface area (Å²) < 4.78 is 5.25. The highest BCUT2D eigenvalue weighted by molar-refractivity contribution is 5.86. The number of hydrogen-bond donors (Lipinski definition) is 2. The molecule has 0 spiro atoms. The summed E-state index contributed by atoms with van der Waals surface area (Å²) in [4.78, 5) is 26.6. The fourth-order valence-electron chi connectivity index (χ4n) is 3.10. The van der Waals surface area contributed by atoms with Crippen LogP contribution < -0.4 is 10.6 Å². The van der Waals surface area contributed by atoms with Gasteiger partial charge in [-0.15, -0.1) is 0 Å². The minimum absolute atomic E-state index is 0.00283. The average molecular weight is 297 g/mol. The second kappa shape index (κ2) is 6.22. The molecular formula is C15H27N3O3. The van der Waals surface area contributed by atoms with Crippen molar-refractivity contribution in [1.29, 1.82) is 0 Å². The van der Waals surface area contributed by atoms with Crippen LogP contribution in [0.25, 0.3) is 0 Å². The van der Waals surface area contributed by atoms with Gasteiger partial charge in [-0.3, -0.25) is 4.79 Å². The van der Waals surface area contributed by atoms with Gasteiger partial charge in [0.15, 0.2) is 0 Å². The molecule has 0 radical (unpaired) electrons. The van der Waals surface area contributed by atoms with Crippen molar-refractivity contribution in [3.05, 3.63) is 0 Å². The quantitative estimate of drug-likeness (QED) is 0.764. The Morgan fingerprint density at radius 3 is 2.71 bits per heavy atom. The van der Waals surface area contributed by atoms with Crippen LogP contribution in [0.3, 0.4) is 0 Å². The predicted octanol–water partition coefficient (Wildman–Crippen LogP) is 1.25. The first-order valence-corrected chi connectivity index (χ1v) is 7.80. The number of nitrogens with zero attached hydrogens (tertiary/aromatic N) is 1. The highest BCUT2D eigenvalue weighted by atomic mass is 16.6. The minimum atomic E-state index is -0.564. The van der Waals surface area contributed by atoms with Crippen LogP contribution in [0, 0.1) is 0 Å². The van der Waals surface area contributed by atoms with Crippen LogP contribution in [0.5, 0.6) is 0 Å². The fraction of sp³-hybridized carbons (Fsp3) is 0.867. The summed E-state index contributed by atoms with van der Waals surface area (Å²) in [6, 6.07) is -0.00465. The number of alkyl carbamates (subject to hydrolysis) is 1. The Hall–Kier alpha value is -1.30. The molecule has 120 valence electrons. The molecule has 0 bridgehead atoms. The molecule has 6 heteroatoms. The summed E-state index contributed by atoms with van der Waals surface area (Å²) in [7, 11) is 0. The van der Waals surface area contributed by atoms with E-state index in [0.29, 0.717) is 12.6 Å². The zero-order valence-corrected chi connectivity index (χ0v) is 13.4. The van der Waals surface area contributed by atoms with Crippen LogP contribution in [0.1, 0.15) is 47.0 Å². The molecule has 2 fully saturated rings. The summed E-state index contributed by atoms with van der Waals surface area (Å²) in [6.45, 7) is 8.83. The Bertz CT molecular complexity index is 405. The number of ether oxygens (including phenoxy) is 1. The van der Waals surface area contributed by atoms with E-state index in [0.717, 1.165) is 25.8 Å². The van der Waals surface area contributed by atoms with Crippen molar-refractivity contribution < 1.29 is 14.3 Å². The van der Waals surface area contributed by atoms with Crippen molar-refractivity contribution in [1.82, 2.24) is 15.5 Å². The Morgan fingerprint density at radius 2 is 2.05 bits per heavy atom. The van der Waals surface area contributed by atoms with E-state index in [1.807, 2.05) is 25.7 Å². The molecule has 2 unspecified atom stereocenters. The van der Waals surface area contributed by atoms with Crippen molar-refractivity contribution in [2.24, 2.45) is 0 Å². The van der Waals surface area contributed by atoms with Crippen LogP contribution in [-0.2, 0) is 9.53 Å². The highest BCUT2D eigenvalue weighted by Crippen LogP contribution is 2.27. The van der Waals surface area contributed by atoms with Gasteiger partial charge in [-0.05, 0) is 53.5 Å². The highest BCUT2D eigenvalue weighted by Gasteiger charge is 2.39. The first kappa shape index (κ1) is 16.1. The normalized spacial score (nSPS) is 30.4. The standard InChI is InChI=1S/C15H27N3O3/c1-10-5-6-11-7-8-16-9-12(13(19)18(10)11)17-14(20)21-15(2,3)4/h10-12,16H,5-9H2,1-4H3,(H,17,20)/t10?,11-,12?/m1/s1. The van der Waals surface area contributed by atoms with Gasteiger partial charge in [0.1, 0.15) is 11.6 Å². The molecule has 2 rings (SSSR count). The topological polar surface area (TPSA) is 70.7 Å². The number of hydrogen-bond acceptors (Lipinski definition) is 4. The Kier molecular flexibility index (Phi) is 4.76. The maximum atomic E-state index is 12.7. The molecule has 0 saturated carbocycles. The molecule has 2 aliphatic rings. The Labute approximate surface area is 126 Å². The Morgan fingerprint density at radius 1 is 1.33 bits per heavy atom. The molecule has 2 N–H and O–H groups in total. The van der Waals surface area contributed by atoms with Crippen LogP contribution in [-0.4, -0.2) is 53.7 Å². The van der Waals surface area contributed by atoms with Gasteiger partial charge in [-0.25, -0.2) is 4.79 Å². The van der Waals surface area contributed by atoms with Crippen molar-refractivity contribution in [3.63, 3.8) is 0 Å². The lowest BCUT2D eigenvalue weighted by Gasteiger charge is -2.35. The van der Waals surface area contributed by atoms with Gasteiger partial charge in [0.2, 0.25) is 5.91 Å². The molecule has 3 atom stereocenters. The first-order valence-electron chi connectivity index (χ1n) is 7.80. The van der Waals surface area contributed by atoms with E-state index in [1.54, 1.807) is 0 Å². The summed E-state index contributed by atoms with van der Waals surface area (Å²) in [6.07, 6.45) is 2.53. The van der Waals surface area contributed by atoms with Gasteiger partial charge < -0.3 is 20.3 Å². The number of carbonyl (C=O) groups excluding carboxylic acids is 2. The molecule has 2 aliphatic heterocycles. The molecule has 0 aliphatic carbocycles. The van der Waals surface area contributed by atoms with Gasteiger partial charge in [-0.1, -0.05) is 0 Å². The third-order valence-corrected chi connectivity index (χ3v) is 4.03. The summed E-state index contributed by atoms with van der Waals surface area (Å²) >= 11 is 0. The summed E-state index contributed by atoms with van der Waals surface area (Å²) in [5, 5.41) is 5.96. The van der Waals surface area contributed by atoms with Crippen molar-refractivity contribution in [2.75, 3.05) is 13.1 Å². The van der Waals surface area contributed by atoms with Crippen molar-refractivity contribution >= 4 is 12.0 Å². The maximum Gasteiger partial charge on any atom is 0.408 e. The number of carbonyl (C=O) groups is 2. The number of amides is 2. The minimum Gasteiger partial charge on any atom is -0.444 e. The molecule has 0 aromatic heterocycles. The van der Waals surface area contributed by atoms with E-state index in [9.17, 15) is 9.59 Å². The van der Waals surface area contributed by atoms with Gasteiger partial charge in [-0.2, -0.15) is 0 Å². The van der Waals surface area contributed by atoms with E-state index in [1.165, 1.54) is 0 Å². The lowest BCUT2D eigenvalue weighted by molar-refractivity contribution is -0.136. The van der Waals surface area contributed by atoms with Gasteiger partial charge in [0, 0.05) is 18.6 Å². The number of nitrogens with one attached hydrogen (secondary N) is 2. The van der Waals surface area contributed by atoms with Crippen molar-refractivity contribution in [3.8, 4) is 0 Å². The Balaban J connectivity index is 2.03. The molecule has 2 amide bonds. The van der Waals surface area contributed by atoms with Crippen molar-refractivity contribution in [2.45, 2.75) is 70.7 Å². The predicted molar refractivity (Wildman–Crippen MR) is 80.0 cm³/mol. The number of rotatable bonds is 1. The second-order valence-electron chi connectivity index (χ2n) is 7.02. The van der Waals surface area contributed by atoms with Crippen LogP contribution >= 0.6 is 0 Å². The largest absolute Gasteiger partial charge is 0.444 e. The maximum absolute atomic E-state index is 12.7. The monoisotopic (exact) mass is 297 g/mol. The summed E-state index contributed by atoms with van der Waals surface area (Å²) in [5.41, 5.74) is -0.564. The SMILES string of the molecule is CC1CC[C@@H]2CCNCC(NC(=O)OC(C)(C)C)C(=O)N12. The summed E-state index contributed by atoms with van der Waals surface area (Å²) in [5.74, 6) is 0.00283. The molecule has 0 aromatic carbocycles. The lowest BCUT2D eigenvalue weighted by Crippen LogP contribution is -2.58. The molecule has 2 heterocycles. The van der Waals surface area contributed by atoms with E-state index in [-0.39, 0.29) is 11.9 Å². The first-order chi connectivity index (χ1) is 9.78. The van der Waals surface area contributed by atoms with E-state index in [4.69, 9.17) is 4.74 Å². The van der Waals surface area contributed by atoms with Gasteiger partial charge in [0.25, 0.3) is 0 Å². The van der Waals surface area contributed by atoms with E-state index < -0.39 is 17.7 Å². The third-order valence-electron chi connectivity index (χ3n) is 4.03. The average Bonchev–Trinajstić information content (AvgIpc) is 2.69.